The van der Waals surface area contributed by atoms with E-state index in [-0.39, 0.29) is 50.6 Å². The normalized spacial score (nSPS) is 31.4. The lowest BCUT2D eigenvalue weighted by Gasteiger charge is -2.38. The quantitative estimate of drug-likeness (QED) is 0.0629. The Labute approximate surface area is 344 Å². The summed E-state index contributed by atoms with van der Waals surface area (Å²) in [6, 6.07) is 0. The standard InChI is InChI=1S/C44H58N2O13/c1-21-14-13-15-22(2)43(54)46-34-29(20-45-59-28-16-11-10-12-17-28)38(51)31-32(39(34)52)37(50)26(6)41-33(31)42(53)44(8,58-41)56-19-18-30(55-9)23(3)40(57-27(7)47)25(5)36(49)24(4)35(21)48/h13-15,18-21,23-25,28,30,35-36,40,48-52H,10-12,16-17H2,1-9H3,(H,46,54)/b14-13-,19-18?,22-15-,45-20+/t21-,23+,24+,25+,30-,35-,36+,40+,44-/m0/s1. The van der Waals surface area contributed by atoms with E-state index in [0.717, 1.165) is 38.3 Å². The van der Waals surface area contributed by atoms with Crippen molar-refractivity contribution in [2.75, 3.05) is 12.4 Å². The molecule has 0 unspecified atom stereocenters. The van der Waals surface area contributed by atoms with Crippen LogP contribution in [0.3, 0.4) is 0 Å². The molecule has 5 bridgehead atoms. The molecule has 1 aliphatic carbocycles. The number of carbonyl (C=O) groups is 3. The highest BCUT2D eigenvalue weighted by molar-refractivity contribution is 6.23. The molecule has 9 atom stereocenters. The molecule has 4 aliphatic rings. The molecule has 1 amide bonds. The van der Waals surface area contributed by atoms with Crippen LogP contribution in [0.4, 0.5) is 5.69 Å². The first-order chi connectivity index (χ1) is 27.8. The smallest absolute Gasteiger partial charge is 0.312 e. The number of phenols is 3. The molecule has 2 aromatic rings. The van der Waals surface area contributed by atoms with Crippen molar-refractivity contribution < 1.29 is 63.7 Å². The molecular formula is C44H58N2O13. The molecular weight excluding hydrogens is 764 g/mol. The van der Waals surface area contributed by atoms with Crippen LogP contribution in [0.25, 0.3) is 10.8 Å². The third-order valence-corrected chi connectivity index (χ3v) is 12.0. The highest BCUT2D eigenvalue weighted by Gasteiger charge is 2.50. The molecule has 0 spiro atoms. The highest BCUT2D eigenvalue weighted by Crippen LogP contribution is 2.55. The van der Waals surface area contributed by atoms with Crippen LogP contribution in [0.15, 0.2) is 41.3 Å². The Bertz CT molecular complexity index is 2050. The van der Waals surface area contributed by atoms with Crippen LogP contribution >= 0.6 is 0 Å². The number of hydrogen-bond acceptors (Lipinski definition) is 14. The van der Waals surface area contributed by atoms with Gasteiger partial charge in [-0.05, 0) is 45.6 Å². The van der Waals surface area contributed by atoms with Crippen LogP contribution in [0.2, 0.25) is 0 Å². The summed E-state index contributed by atoms with van der Waals surface area (Å²) < 4.78 is 23.6. The van der Waals surface area contributed by atoms with Gasteiger partial charge >= 0.3 is 11.8 Å². The molecule has 322 valence electrons. The molecule has 0 aromatic heterocycles. The molecule has 15 heteroatoms. The Morgan fingerprint density at radius 2 is 1.61 bits per heavy atom. The van der Waals surface area contributed by atoms with Crippen LogP contribution < -0.4 is 10.1 Å². The lowest BCUT2D eigenvalue weighted by molar-refractivity contribution is -0.160. The fourth-order valence-corrected chi connectivity index (χ4v) is 8.21. The third-order valence-electron chi connectivity index (χ3n) is 12.0. The fraction of sp³-hybridized carbons (Fsp3) is 0.545. The summed E-state index contributed by atoms with van der Waals surface area (Å²) in [5.74, 6) is -8.50. The van der Waals surface area contributed by atoms with Gasteiger partial charge in [0.2, 0.25) is 0 Å². The number of carbonyl (C=O) groups excluding carboxylic acids is 3. The minimum absolute atomic E-state index is 0.0450. The van der Waals surface area contributed by atoms with Crippen LogP contribution in [-0.4, -0.2) is 92.8 Å². The number of aliphatic hydroxyl groups is 2. The molecule has 2 aromatic carbocycles. The fourth-order valence-electron chi connectivity index (χ4n) is 8.21. The van der Waals surface area contributed by atoms with E-state index in [1.54, 1.807) is 39.8 Å². The van der Waals surface area contributed by atoms with E-state index in [1.165, 1.54) is 53.2 Å². The summed E-state index contributed by atoms with van der Waals surface area (Å²) in [6.07, 6.45) is 9.03. The molecule has 1 saturated carbocycles. The van der Waals surface area contributed by atoms with E-state index < -0.39 is 88.8 Å². The molecule has 6 N–H and O–H groups in total. The zero-order valence-corrected chi connectivity index (χ0v) is 35.1. The van der Waals surface area contributed by atoms with Crippen molar-refractivity contribution in [1.29, 1.82) is 0 Å². The summed E-state index contributed by atoms with van der Waals surface area (Å²) in [5.41, 5.74) is -0.511. The summed E-state index contributed by atoms with van der Waals surface area (Å²) in [7, 11) is 1.43. The summed E-state index contributed by atoms with van der Waals surface area (Å²) >= 11 is 0. The first-order valence-electron chi connectivity index (χ1n) is 20.1. The Hall–Kier alpha value is -5.12. The van der Waals surface area contributed by atoms with Gasteiger partial charge in [0.05, 0.1) is 53.0 Å². The van der Waals surface area contributed by atoms with Gasteiger partial charge in [-0.15, -0.1) is 0 Å². The van der Waals surface area contributed by atoms with Gasteiger partial charge in [0.15, 0.2) is 5.75 Å². The van der Waals surface area contributed by atoms with Gasteiger partial charge < -0.3 is 54.6 Å². The number of methoxy groups -OCH3 is 1. The molecule has 3 aliphatic heterocycles. The topological polar surface area (TPSA) is 223 Å². The van der Waals surface area contributed by atoms with Crippen molar-refractivity contribution in [3.63, 3.8) is 0 Å². The lowest BCUT2D eigenvalue weighted by Crippen LogP contribution is -2.46. The molecule has 59 heavy (non-hydrogen) atoms. The number of hydrogen-bond donors (Lipinski definition) is 6. The molecule has 0 saturated heterocycles. The van der Waals surface area contributed by atoms with E-state index >= 15 is 0 Å². The summed E-state index contributed by atoms with van der Waals surface area (Å²) in [4.78, 5) is 46.2. The first kappa shape index (κ1) is 45.0. The molecule has 1 fully saturated rings. The average molecular weight is 823 g/mol. The van der Waals surface area contributed by atoms with Gasteiger partial charge in [0.1, 0.15) is 29.5 Å². The van der Waals surface area contributed by atoms with Crippen molar-refractivity contribution in [3.8, 4) is 23.0 Å². The minimum Gasteiger partial charge on any atom is -0.507 e. The number of ether oxygens (including phenoxy) is 4. The van der Waals surface area contributed by atoms with Crippen LogP contribution in [0, 0.1) is 30.6 Å². The number of allylic oxidation sites excluding steroid dienone is 2. The maximum atomic E-state index is 14.4. The van der Waals surface area contributed by atoms with E-state index in [4.69, 9.17) is 23.8 Å². The number of esters is 1. The van der Waals surface area contributed by atoms with Gasteiger partial charge in [-0.25, -0.2) is 0 Å². The number of benzene rings is 2. The molecule has 3 heterocycles. The van der Waals surface area contributed by atoms with E-state index in [2.05, 4.69) is 10.5 Å². The number of ketones is 1. The number of aromatic hydroxyl groups is 3. The van der Waals surface area contributed by atoms with Crippen LogP contribution in [-0.2, 0) is 28.6 Å². The van der Waals surface area contributed by atoms with Gasteiger partial charge in [0.25, 0.3) is 11.7 Å². The zero-order valence-electron chi connectivity index (χ0n) is 35.1. The molecule has 0 radical (unpaired) electrons. The monoisotopic (exact) mass is 822 g/mol. The van der Waals surface area contributed by atoms with Crippen molar-refractivity contribution >= 4 is 40.3 Å². The Balaban J connectivity index is 1.69. The maximum absolute atomic E-state index is 14.4. The van der Waals surface area contributed by atoms with E-state index in [0.29, 0.717) is 0 Å². The summed E-state index contributed by atoms with van der Waals surface area (Å²) in [6.45, 7) is 12.5. The Morgan fingerprint density at radius 1 is 0.932 bits per heavy atom. The second kappa shape index (κ2) is 18.4. The van der Waals surface area contributed by atoms with E-state index in [9.17, 15) is 39.9 Å². The number of anilines is 1. The third kappa shape index (κ3) is 9.07. The highest BCUT2D eigenvalue weighted by atomic mass is 16.7. The number of oxime groups is 1. The van der Waals surface area contributed by atoms with Crippen LogP contribution in [0.5, 0.6) is 23.0 Å². The van der Waals surface area contributed by atoms with E-state index in [1.807, 2.05) is 0 Å². The SMILES string of the molecule is CO[C@H]1C=CO[C@@]2(C)Oc3c(C)c(O)c4c(O)c(c(/C=N/OC5CCCCC5)c(O)c4c3C2=O)NC(=O)/C(C)=C\C=C/[C@H](C)[C@H](O)[C@@H](C)[C@@H](O)[C@@H](C)[C@H](OC(C)=O)[C@@H]1C. The minimum atomic E-state index is -2.05. The number of phenolic OH excluding ortho intramolecular Hbond substituents is 3. The van der Waals surface area contributed by atoms with Crippen molar-refractivity contribution in [1.82, 2.24) is 0 Å². The van der Waals surface area contributed by atoms with Gasteiger partial charge in [-0.1, -0.05) is 57.5 Å². The zero-order chi connectivity index (χ0) is 43.5. The van der Waals surface area contributed by atoms with Crippen LogP contribution in [0.1, 0.15) is 102 Å². The average Bonchev–Trinajstić information content (AvgIpc) is 3.47. The first-order valence-corrected chi connectivity index (χ1v) is 20.1. The number of aliphatic hydroxyl groups excluding tert-OH is 2. The predicted molar refractivity (Wildman–Crippen MR) is 219 cm³/mol. The maximum Gasteiger partial charge on any atom is 0.312 e. The summed E-state index contributed by atoms with van der Waals surface area (Å²) in [5, 5.41) is 64.4. The second-order valence-corrected chi connectivity index (χ2v) is 16.2. The Kier molecular flexibility index (Phi) is 14.0. The second-order valence-electron chi connectivity index (χ2n) is 16.2. The predicted octanol–water partition coefficient (Wildman–Crippen LogP) is 6.44. The number of nitrogens with one attached hydrogen (secondary N) is 1. The van der Waals surface area contributed by atoms with Gasteiger partial charge in [0, 0.05) is 61.2 Å². The number of fused-ring (bicyclic) bond motifs is 14. The van der Waals surface area contributed by atoms with Crippen molar-refractivity contribution in [3.05, 3.63) is 52.8 Å². The number of nitrogens with zero attached hydrogens (tertiary/aromatic N) is 1. The largest absolute Gasteiger partial charge is 0.507 e. The Morgan fingerprint density at radius 3 is 2.25 bits per heavy atom. The number of rotatable bonds is 5. The molecule has 15 nitrogen and oxygen atoms in total. The van der Waals surface area contributed by atoms with Crippen molar-refractivity contribution in [2.24, 2.45) is 28.8 Å². The van der Waals surface area contributed by atoms with Gasteiger partial charge in [-0.3, -0.25) is 14.4 Å². The number of Topliss-reactive ketones (excluding diaryl/α,β-unsaturated/α-hetero) is 1. The molecule has 6 rings (SSSR count). The lowest BCUT2D eigenvalue weighted by atomic mass is 9.78. The van der Waals surface area contributed by atoms with Crippen molar-refractivity contribution in [2.45, 2.75) is 124 Å². The number of amides is 1. The van der Waals surface area contributed by atoms with Gasteiger partial charge in [-0.2, -0.15) is 0 Å².